The number of guanidine groups is 1. The van der Waals surface area contributed by atoms with E-state index in [-0.39, 0.29) is 24.0 Å². The van der Waals surface area contributed by atoms with Crippen molar-refractivity contribution in [3.63, 3.8) is 0 Å². The van der Waals surface area contributed by atoms with Gasteiger partial charge in [0.05, 0.1) is 13.2 Å². The molecular weight excluding hydrogens is 417 g/mol. The van der Waals surface area contributed by atoms with Crippen molar-refractivity contribution in [2.24, 2.45) is 4.99 Å². The van der Waals surface area contributed by atoms with Crippen LogP contribution in [0.2, 0.25) is 0 Å². The van der Waals surface area contributed by atoms with Crippen molar-refractivity contribution in [2.45, 2.75) is 20.0 Å². The summed E-state index contributed by atoms with van der Waals surface area (Å²) >= 11 is 0. The zero-order chi connectivity index (χ0) is 16.3. The smallest absolute Gasteiger partial charge is 0.191 e. The monoisotopic (exact) mass is 443 g/mol. The van der Waals surface area contributed by atoms with Gasteiger partial charge in [-0.25, -0.2) is 0 Å². The maximum atomic E-state index is 5.31. The largest absolute Gasteiger partial charge is 0.380 e. The van der Waals surface area contributed by atoms with Gasteiger partial charge in [-0.1, -0.05) is 24.3 Å². The molecule has 0 amide bonds. The first kappa shape index (κ1) is 20.4. The Labute approximate surface area is 160 Å². The predicted molar refractivity (Wildman–Crippen MR) is 108 cm³/mol. The van der Waals surface area contributed by atoms with Gasteiger partial charge in [0.2, 0.25) is 0 Å². The molecule has 0 aliphatic rings. The number of hydrogen-bond acceptors (Lipinski definition) is 3. The van der Waals surface area contributed by atoms with E-state index < -0.39 is 0 Å². The molecular formula is C17H26IN5O. The molecule has 7 heteroatoms. The summed E-state index contributed by atoms with van der Waals surface area (Å²) in [6, 6.07) is 10.3. The maximum absolute atomic E-state index is 5.31. The quantitative estimate of drug-likeness (QED) is 0.285. The average molecular weight is 443 g/mol. The lowest BCUT2D eigenvalue weighted by Crippen LogP contribution is -2.38. The van der Waals surface area contributed by atoms with Crippen molar-refractivity contribution in [1.82, 2.24) is 20.4 Å². The fourth-order valence-corrected chi connectivity index (χ4v) is 2.24. The minimum Gasteiger partial charge on any atom is -0.380 e. The topological polar surface area (TPSA) is 63.5 Å². The van der Waals surface area contributed by atoms with Crippen molar-refractivity contribution in [3.05, 3.63) is 53.9 Å². The average Bonchev–Trinajstić information content (AvgIpc) is 3.08. The Morgan fingerprint density at radius 3 is 2.67 bits per heavy atom. The summed E-state index contributed by atoms with van der Waals surface area (Å²) in [4.78, 5) is 4.23. The second-order valence-electron chi connectivity index (χ2n) is 5.02. The summed E-state index contributed by atoms with van der Waals surface area (Å²) in [5.41, 5.74) is 2.48. The van der Waals surface area contributed by atoms with E-state index in [0.29, 0.717) is 13.2 Å². The number of aliphatic imine (C=N–C) groups is 1. The van der Waals surface area contributed by atoms with Crippen LogP contribution in [0.15, 0.2) is 47.7 Å². The minimum absolute atomic E-state index is 0. The van der Waals surface area contributed by atoms with E-state index in [2.05, 4.69) is 45.0 Å². The first-order valence-corrected chi connectivity index (χ1v) is 7.90. The lowest BCUT2D eigenvalue weighted by Gasteiger charge is -2.14. The van der Waals surface area contributed by atoms with Gasteiger partial charge in [-0.2, -0.15) is 5.10 Å². The molecule has 1 aromatic carbocycles. The molecule has 0 saturated heterocycles. The van der Waals surface area contributed by atoms with E-state index in [1.54, 1.807) is 13.2 Å². The summed E-state index contributed by atoms with van der Waals surface area (Å²) < 4.78 is 7.24. The number of nitrogens with zero attached hydrogens (tertiary/aromatic N) is 3. The zero-order valence-electron chi connectivity index (χ0n) is 14.2. The molecule has 0 saturated carbocycles. The van der Waals surface area contributed by atoms with Gasteiger partial charge < -0.3 is 15.4 Å². The number of halogens is 1. The van der Waals surface area contributed by atoms with Crippen LogP contribution >= 0.6 is 24.0 Å². The summed E-state index contributed by atoms with van der Waals surface area (Å²) in [7, 11) is 1.77. The van der Waals surface area contributed by atoms with Gasteiger partial charge in [-0.15, -0.1) is 24.0 Å². The van der Waals surface area contributed by atoms with E-state index in [1.807, 2.05) is 23.9 Å². The fraction of sp³-hybridized carbons (Fsp3) is 0.412. The molecule has 2 aromatic rings. The highest BCUT2D eigenvalue weighted by atomic mass is 127. The normalized spacial score (nSPS) is 11.0. The molecule has 0 unspecified atom stereocenters. The van der Waals surface area contributed by atoms with Crippen molar-refractivity contribution < 1.29 is 4.74 Å². The molecule has 0 spiro atoms. The molecule has 0 fully saturated rings. The van der Waals surface area contributed by atoms with Crippen LogP contribution in [0.3, 0.4) is 0 Å². The van der Waals surface area contributed by atoms with Gasteiger partial charge in [0.1, 0.15) is 0 Å². The van der Waals surface area contributed by atoms with Gasteiger partial charge in [0.25, 0.3) is 0 Å². The lowest BCUT2D eigenvalue weighted by molar-refractivity contribution is 0.152. The fourth-order valence-electron chi connectivity index (χ4n) is 2.24. The van der Waals surface area contributed by atoms with Crippen LogP contribution in [-0.4, -0.2) is 42.5 Å². The third-order valence-corrected chi connectivity index (χ3v) is 3.42. The molecule has 0 atom stereocenters. The van der Waals surface area contributed by atoms with Crippen molar-refractivity contribution in [2.75, 3.05) is 26.8 Å². The van der Waals surface area contributed by atoms with Crippen LogP contribution in [0.1, 0.15) is 18.1 Å². The first-order chi connectivity index (χ1) is 11.3. The van der Waals surface area contributed by atoms with Crippen molar-refractivity contribution >= 4 is 29.9 Å². The summed E-state index contributed by atoms with van der Waals surface area (Å²) in [6.45, 7) is 5.61. The Bertz CT molecular complexity index is 601. The second-order valence-corrected chi connectivity index (χ2v) is 5.02. The van der Waals surface area contributed by atoms with Gasteiger partial charge >= 0.3 is 0 Å². The van der Waals surface area contributed by atoms with Gasteiger partial charge in [0.15, 0.2) is 5.96 Å². The van der Waals surface area contributed by atoms with Crippen molar-refractivity contribution in [3.8, 4) is 0 Å². The van der Waals surface area contributed by atoms with E-state index in [0.717, 1.165) is 25.7 Å². The molecule has 6 nitrogen and oxygen atoms in total. The number of aromatic nitrogens is 2. The standard InChI is InChI=1S/C17H25N5O.HI/c1-3-23-12-10-19-17(18-2)20-13-15-7-4-5-8-16(15)14-22-11-6-9-21-22;/h4-9,11H,3,10,12-14H2,1-2H3,(H2,18,19,20);1H. The molecule has 1 aromatic heterocycles. The summed E-state index contributed by atoms with van der Waals surface area (Å²) in [6.07, 6.45) is 3.77. The van der Waals surface area contributed by atoms with Crippen LogP contribution in [0.5, 0.6) is 0 Å². The van der Waals surface area contributed by atoms with E-state index >= 15 is 0 Å². The molecule has 0 radical (unpaired) electrons. The van der Waals surface area contributed by atoms with Crippen LogP contribution in [-0.2, 0) is 17.8 Å². The zero-order valence-corrected chi connectivity index (χ0v) is 16.6. The third-order valence-electron chi connectivity index (χ3n) is 3.42. The van der Waals surface area contributed by atoms with E-state index in [1.165, 1.54) is 11.1 Å². The maximum Gasteiger partial charge on any atom is 0.191 e. The number of rotatable bonds is 8. The first-order valence-electron chi connectivity index (χ1n) is 7.90. The van der Waals surface area contributed by atoms with Gasteiger partial charge in [-0.05, 0) is 24.1 Å². The highest BCUT2D eigenvalue weighted by molar-refractivity contribution is 14.0. The third kappa shape index (κ3) is 6.88. The Morgan fingerprint density at radius 1 is 1.21 bits per heavy atom. The Balaban J connectivity index is 0.00000288. The summed E-state index contributed by atoms with van der Waals surface area (Å²) in [5.74, 6) is 0.776. The number of benzene rings is 1. The summed E-state index contributed by atoms with van der Waals surface area (Å²) in [5, 5.41) is 10.8. The van der Waals surface area contributed by atoms with Crippen LogP contribution in [0.4, 0.5) is 0 Å². The van der Waals surface area contributed by atoms with Crippen LogP contribution in [0.25, 0.3) is 0 Å². The van der Waals surface area contributed by atoms with E-state index in [4.69, 9.17) is 4.74 Å². The molecule has 2 N–H and O–H groups in total. The van der Waals surface area contributed by atoms with E-state index in [9.17, 15) is 0 Å². The Hall–Kier alpha value is -1.61. The molecule has 1 heterocycles. The number of hydrogen-bond donors (Lipinski definition) is 2. The SMILES string of the molecule is CCOCCNC(=NC)NCc1ccccc1Cn1cccn1.I. The van der Waals surface area contributed by atoms with Crippen LogP contribution in [0, 0.1) is 0 Å². The molecule has 0 aliphatic carbocycles. The van der Waals surface area contributed by atoms with Gasteiger partial charge in [-0.3, -0.25) is 9.67 Å². The second kappa shape index (κ2) is 11.9. The highest BCUT2D eigenvalue weighted by Crippen LogP contribution is 2.10. The van der Waals surface area contributed by atoms with Gasteiger partial charge in [0, 0.05) is 39.1 Å². The molecule has 132 valence electrons. The highest BCUT2D eigenvalue weighted by Gasteiger charge is 2.04. The molecule has 24 heavy (non-hydrogen) atoms. The lowest BCUT2D eigenvalue weighted by atomic mass is 10.1. The van der Waals surface area contributed by atoms with Crippen LogP contribution < -0.4 is 10.6 Å². The molecule has 0 aliphatic heterocycles. The van der Waals surface area contributed by atoms with Crippen molar-refractivity contribution in [1.29, 1.82) is 0 Å². The molecule has 0 bridgehead atoms. The molecule has 2 rings (SSSR count). The minimum atomic E-state index is 0. The Kier molecular flexibility index (Phi) is 10.1. The number of ether oxygens (including phenoxy) is 1. The Morgan fingerprint density at radius 2 is 2.00 bits per heavy atom. The number of nitrogens with one attached hydrogen (secondary N) is 2. The predicted octanol–water partition coefficient (Wildman–Crippen LogP) is 2.25.